The van der Waals surface area contributed by atoms with Crippen molar-refractivity contribution in [2.75, 3.05) is 12.3 Å². The van der Waals surface area contributed by atoms with E-state index in [1.54, 1.807) is 30.3 Å². The summed E-state index contributed by atoms with van der Waals surface area (Å²) in [6.07, 6.45) is -1.52. The van der Waals surface area contributed by atoms with Gasteiger partial charge >= 0.3 is 18.0 Å². The van der Waals surface area contributed by atoms with E-state index in [1.807, 2.05) is 0 Å². The lowest BCUT2D eigenvalue weighted by Crippen LogP contribution is -2.49. The van der Waals surface area contributed by atoms with Crippen molar-refractivity contribution in [3.63, 3.8) is 0 Å². The molecule has 3 amide bonds. The molecule has 0 aliphatic heterocycles. The van der Waals surface area contributed by atoms with Crippen molar-refractivity contribution < 1.29 is 38.9 Å². The Kier molecular flexibility index (Phi) is 10.8. The number of hydrogen-bond acceptors (Lipinski definition) is 7. The van der Waals surface area contributed by atoms with Crippen LogP contribution >= 0.6 is 12.6 Å². The van der Waals surface area contributed by atoms with Gasteiger partial charge in [0.1, 0.15) is 25.2 Å². The fourth-order valence-electron chi connectivity index (χ4n) is 2.19. The largest absolute Gasteiger partial charge is 0.480 e. The van der Waals surface area contributed by atoms with Crippen LogP contribution in [-0.4, -0.2) is 64.4 Å². The Balaban J connectivity index is 2.47. The smallest absolute Gasteiger partial charge is 0.408 e. The molecule has 0 saturated carbocycles. The van der Waals surface area contributed by atoms with Gasteiger partial charge < -0.3 is 30.9 Å². The topological polar surface area (TPSA) is 171 Å². The Labute approximate surface area is 177 Å². The van der Waals surface area contributed by atoms with E-state index in [0.717, 1.165) is 5.56 Å². The molecule has 0 unspecified atom stereocenters. The first-order chi connectivity index (χ1) is 14.2. The molecule has 0 fully saturated rings. The van der Waals surface area contributed by atoms with Gasteiger partial charge in [-0.05, 0) is 12.0 Å². The first-order valence-electron chi connectivity index (χ1n) is 8.82. The number of rotatable bonds is 12. The second kappa shape index (κ2) is 13.0. The Bertz CT molecular complexity index is 759. The molecule has 12 heteroatoms. The van der Waals surface area contributed by atoms with E-state index in [0.29, 0.717) is 0 Å². The molecule has 1 aromatic rings. The van der Waals surface area contributed by atoms with Gasteiger partial charge in [-0.25, -0.2) is 9.59 Å². The third kappa shape index (κ3) is 9.78. The Morgan fingerprint density at radius 1 is 1.00 bits per heavy atom. The Morgan fingerprint density at radius 2 is 1.67 bits per heavy atom. The number of alkyl carbamates (subject to hydrolysis) is 1. The Morgan fingerprint density at radius 3 is 2.23 bits per heavy atom. The molecule has 164 valence electrons. The summed E-state index contributed by atoms with van der Waals surface area (Å²) in [4.78, 5) is 57.4. The van der Waals surface area contributed by atoms with Crippen molar-refractivity contribution in [2.24, 2.45) is 0 Å². The molecular formula is C18H23N3O8S. The van der Waals surface area contributed by atoms with Gasteiger partial charge in [-0.2, -0.15) is 12.6 Å². The third-order valence-corrected chi connectivity index (χ3v) is 4.08. The average Bonchev–Trinajstić information content (AvgIpc) is 2.72. The van der Waals surface area contributed by atoms with Crippen LogP contribution in [0.5, 0.6) is 0 Å². The number of nitrogens with one attached hydrogen (secondary N) is 3. The van der Waals surface area contributed by atoms with Gasteiger partial charge in [0.25, 0.3) is 0 Å². The summed E-state index contributed by atoms with van der Waals surface area (Å²) in [5, 5.41) is 24.4. The number of ether oxygens (including phenoxy) is 1. The van der Waals surface area contributed by atoms with Crippen LogP contribution < -0.4 is 16.0 Å². The van der Waals surface area contributed by atoms with Crippen molar-refractivity contribution in [1.82, 2.24) is 16.0 Å². The number of hydrogen-bond donors (Lipinski definition) is 6. The predicted molar refractivity (Wildman–Crippen MR) is 107 cm³/mol. The quantitative estimate of drug-likeness (QED) is 0.241. The van der Waals surface area contributed by atoms with Crippen molar-refractivity contribution >= 4 is 42.5 Å². The van der Waals surface area contributed by atoms with Crippen LogP contribution in [0.3, 0.4) is 0 Å². The number of carbonyl (C=O) groups excluding carboxylic acids is 3. The van der Waals surface area contributed by atoms with Gasteiger partial charge in [-0.1, -0.05) is 30.3 Å². The summed E-state index contributed by atoms with van der Waals surface area (Å²) in [6.45, 7) is -0.663. The molecule has 5 N–H and O–H groups in total. The highest BCUT2D eigenvalue weighted by atomic mass is 32.1. The summed E-state index contributed by atoms with van der Waals surface area (Å²) in [6, 6.07) is 6.31. The fourth-order valence-corrected chi connectivity index (χ4v) is 2.44. The maximum atomic E-state index is 12.0. The second-order valence-electron chi connectivity index (χ2n) is 6.05. The summed E-state index contributed by atoms with van der Waals surface area (Å²) in [5.74, 6) is -4.10. The number of carboxylic acid groups (broad SMARTS) is 2. The normalized spacial score (nSPS) is 12.2. The van der Waals surface area contributed by atoms with E-state index < -0.39 is 48.5 Å². The highest BCUT2D eigenvalue weighted by molar-refractivity contribution is 7.80. The van der Waals surface area contributed by atoms with Crippen LogP contribution in [0.4, 0.5) is 4.79 Å². The summed E-state index contributed by atoms with van der Waals surface area (Å²) >= 11 is 3.92. The number of benzene rings is 1. The minimum absolute atomic E-state index is 0.0470. The molecule has 2 atom stereocenters. The van der Waals surface area contributed by atoms with Crippen LogP contribution in [0.15, 0.2) is 30.3 Å². The van der Waals surface area contributed by atoms with Gasteiger partial charge in [0.2, 0.25) is 11.8 Å². The number of carbonyl (C=O) groups is 5. The van der Waals surface area contributed by atoms with Crippen molar-refractivity contribution in [3.05, 3.63) is 35.9 Å². The number of amides is 3. The van der Waals surface area contributed by atoms with E-state index >= 15 is 0 Å². The van der Waals surface area contributed by atoms with Crippen LogP contribution in [0, 0.1) is 0 Å². The minimum Gasteiger partial charge on any atom is -0.480 e. The number of aliphatic carboxylic acids is 2. The zero-order chi connectivity index (χ0) is 22.5. The monoisotopic (exact) mass is 441 g/mol. The van der Waals surface area contributed by atoms with Crippen molar-refractivity contribution in [1.29, 1.82) is 0 Å². The standard InChI is InChI=1S/C18H23N3O8S/c22-14(20-13(10-30)16(25)19-8-15(23)24)7-6-12(17(26)27)21-18(28)29-9-11-4-2-1-3-5-11/h1-5,12-13,30H,6-10H2,(H,19,25)(H,20,22)(H,21,28)(H,23,24)(H,26,27)/t12-,13-/m0/s1. The van der Waals surface area contributed by atoms with Crippen LogP contribution in [0.25, 0.3) is 0 Å². The maximum absolute atomic E-state index is 12.0. The van der Waals surface area contributed by atoms with Crippen molar-refractivity contribution in [3.8, 4) is 0 Å². The molecule has 0 aliphatic rings. The zero-order valence-corrected chi connectivity index (χ0v) is 16.8. The SMILES string of the molecule is O=C(O)CNC(=O)[C@H](CS)NC(=O)CC[C@H](NC(=O)OCc1ccccc1)C(=O)O. The van der Waals surface area contributed by atoms with E-state index in [2.05, 4.69) is 28.6 Å². The molecular weight excluding hydrogens is 418 g/mol. The van der Waals surface area contributed by atoms with E-state index in [9.17, 15) is 29.1 Å². The van der Waals surface area contributed by atoms with Crippen LogP contribution in [0.2, 0.25) is 0 Å². The first-order valence-corrected chi connectivity index (χ1v) is 9.46. The maximum Gasteiger partial charge on any atom is 0.408 e. The van der Waals surface area contributed by atoms with Gasteiger partial charge in [0.15, 0.2) is 0 Å². The number of carboxylic acids is 2. The molecule has 0 aromatic heterocycles. The summed E-state index contributed by atoms with van der Waals surface area (Å²) in [5.41, 5.74) is 0.720. The number of thiol groups is 1. The molecule has 0 heterocycles. The first kappa shape index (κ1) is 24.8. The minimum atomic E-state index is -1.38. The molecule has 1 aromatic carbocycles. The van der Waals surface area contributed by atoms with Crippen LogP contribution in [0.1, 0.15) is 18.4 Å². The van der Waals surface area contributed by atoms with Crippen molar-refractivity contribution in [2.45, 2.75) is 31.5 Å². The van der Waals surface area contributed by atoms with E-state index in [1.165, 1.54) is 0 Å². The molecule has 0 spiro atoms. The molecule has 30 heavy (non-hydrogen) atoms. The predicted octanol–water partition coefficient (Wildman–Crippen LogP) is -0.238. The molecule has 11 nitrogen and oxygen atoms in total. The van der Waals surface area contributed by atoms with Crippen LogP contribution in [-0.2, 0) is 30.5 Å². The lowest BCUT2D eigenvalue weighted by molar-refractivity contribution is -0.139. The molecule has 0 aliphatic carbocycles. The highest BCUT2D eigenvalue weighted by Crippen LogP contribution is 2.03. The molecule has 0 bridgehead atoms. The zero-order valence-electron chi connectivity index (χ0n) is 15.9. The van der Waals surface area contributed by atoms with Gasteiger partial charge in [0.05, 0.1) is 0 Å². The lowest BCUT2D eigenvalue weighted by Gasteiger charge is -2.17. The van der Waals surface area contributed by atoms with Gasteiger partial charge in [-0.3, -0.25) is 14.4 Å². The highest BCUT2D eigenvalue weighted by Gasteiger charge is 2.24. The molecule has 1 rings (SSSR count). The van der Waals surface area contributed by atoms with E-state index in [-0.39, 0.29) is 25.2 Å². The van der Waals surface area contributed by atoms with E-state index in [4.69, 9.17) is 9.84 Å². The Hall–Kier alpha value is -3.28. The van der Waals surface area contributed by atoms with Gasteiger partial charge in [0, 0.05) is 12.2 Å². The summed E-state index contributed by atoms with van der Waals surface area (Å²) in [7, 11) is 0. The van der Waals surface area contributed by atoms with Gasteiger partial charge in [-0.15, -0.1) is 0 Å². The average molecular weight is 441 g/mol. The lowest BCUT2D eigenvalue weighted by atomic mass is 10.1. The second-order valence-corrected chi connectivity index (χ2v) is 6.41. The molecule has 0 saturated heterocycles. The molecule has 0 radical (unpaired) electrons. The third-order valence-electron chi connectivity index (χ3n) is 3.71. The fraction of sp³-hybridized carbons (Fsp3) is 0.389. The summed E-state index contributed by atoms with van der Waals surface area (Å²) < 4.78 is 4.95.